The lowest BCUT2D eigenvalue weighted by Crippen LogP contribution is -2.37. The molecule has 1 amide bonds. The van der Waals surface area contributed by atoms with Crippen molar-refractivity contribution in [2.24, 2.45) is 0 Å². The molecule has 0 radical (unpaired) electrons. The van der Waals surface area contributed by atoms with Crippen LogP contribution in [-0.4, -0.2) is 37.6 Å². The molecular formula is C21H28N2O2. The number of nitrogens with zero attached hydrogens (tertiary/aromatic N) is 1. The number of rotatable bonds is 8. The highest BCUT2D eigenvalue weighted by Gasteiger charge is 2.14. The van der Waals surface area contributed by atoms with Crippen molar-refractivity contribution in [1.82, 2.24) is 4.90 Å². The second-order valence-corrected chi connectivity index (χ2v) is 6.42. The fraction of sp³-hybridized carbons (Fsp3) is 0.381. The van der Waals surface area contributed by atoms with E-state index >= 15 is 0 Å². The molecule has 2 aromatic carbocycles. The van der Waals surface area contributed by atoms with E-state index in [9.17, 15) is 4.79 Å². The highest BCUT2D eigenvalue weighted by molar-refractivity contribution is 5.92. The number of amides is 1. The fourth-order valence-electron chi connectivity index (χ4n) is 2.71. The van der Waals surface area contributed by atoms with Crippen LogP contribution in [0, 0.1) is 0 Å². The number of carbonyl (C=O) groups excluding carboxylic acids is 1. The molecule has 1 unspecified atom stereocenters. The van der Waals surface area contributed by atoms with E-state index in [0.717, 1.165) is 24.3 Å². The van der Waals surface area contributed by atoms with Gasteiger partial charge in [-0.15, -0.1) is 0 Å². The molecule has 0 saturated heterocycles. The smallest absolute Gasteiger partial charge is 0.238 e. The molecule has 4 nitrogen and oxygen atoms in total. The maximum atomic E-state index is 12.3. The number of ether oxygens (including phenoxy) is 1. The van der Waals surface area contributed by atoms with Crippen molar-refractivity contribution in [3.63, 3.8) is 0 Å². The Morgan fingerprint density at radius 1 is 1.16 bits per heavy atom. The number of hydrogen-bond acceptors (Lipinski definition) is 3. The summed E-state index contributed by atoms with van der Waals surface area (Å²) in [5.74, 6) is 0.871. The summed E-state index contributed by atoms with van der Waals surface area (Å²) in [6.45, 7) is 4.61. The van der Waals surface area contributed by atoms with Gasteiger partial charge in [0.05, 0.1) is 13.7 Å². The lowest BCUT2D eigenvalue weighted by molar-refractivity contribution is -0.117. The third-order valence-corrected chi connectivity index (χ3v) is 4.45. The second kappa shape index (κ2) is 9.23. The largest absolute Gasteiger partial charge is 0.497 e. The summed E-state index contributed by atoms with van der Waals surface area (Å²) in [6.07, 6.45) is 1.85. The number of aryl methyl sites for hydroxylation is 1. The third kappa shape index (κ3) is 5.91. The monoisotopic (exact) mass is 340 g/mol. The van der Waals surface area contributed by atoms with Gasteiger partial charge in [-0.25, -0.2) is 0 Å². The molecule has 0 heterocycles. The van der Waals surface area contributed by atoms with Gasteiger partial charge in [-0.3, -0.25) is 9.69 Å². The fourth-order valence-corrected chi connectivity index (χ4v) is 2.71. The molecule has 0 aliphatic heterocycles. The van der Waals surface area contributed by atoms with Gasteiger partial charge in [0.1, 0.15) is 5.75 Å². The van der Waals surface area contributed by atoms with Crippen molar-refractivity contribution >= 4 is 11.6 Å². The number of methoxy groups -OCH3 is 1. The zero-order chi connectivity index (χ0) is 18.2. The Morgan fingerprint density at radius 2 is 1.88 bits per heavy atom. The Balaban J connectivity index is 1.86. The van der Waals surface area contributed by atoms with Crippen molar-refractivity contribution in [2.45, 2.75) is 32.7 Å². The molecule has 0 aliphatic rings. The van der Waals surface area contributed by atoms with Gasteiger partial charge in [0.25, 0.3) is 0 Å². The molecule has 0 saturated carbocycles. The first kappa shape index (κ1) is 19.0. The molecule has 134 valence electrons. The molecule has 0 bridgehead atoms. The van der Waals surface area contributed by atoms with E-state index in [1.807, 2.05) is 37.4 Å². The van der Waals surface area contributed by atoms with Crippen LogP contribution in [0.5, 0.6) is 5.75 Å². The molecule has 0 spiro atoms. The summed E-state index contributed by atoms with van der Waals surface area (Å²) in [5, 5.41) is 2.98. The number of benzene rings is 2. The van der Waals surface area contributed by atoms with Gasteiger partial charge in [0.2, 0.25) is 5.91 Å². The highest BCUT2D eigenvalue weighted by atomic mass is 16.5. The SMILES string of the molecule is CCc1cccc(NC(=O)CN(C)C(C)Cc2ccc(OC)cc2)c1. The molecule has 2 rings (SSSR count). The number of carbonyl (C=O) groups is 1. The highest BCUT2D eigenvalue weighted by Crippen LogP contribution is 2.15. The van der Waals surface area contributed by atoms with Gasteiger partial charge < -0.3 is 10.1 Å². The number of likely N-dealkylation sites (N-methyl/N-ethyl adjacent to an activating group) is 1. The van der Waals surface area contributed by atoms with Gasteiger partial charge in [0.15, 0.2) is 0 Å². The van der Waals surface area contributed by atoms with Crippen LogP contribution in [0.1, 0.15) is 25.0 Å². The summed E-state index contributed by atoms with van der Waals surface area (Å²) < 4.78 is 5.18. The van der Waals surface area contributed by atoms with Crippen LogP contribution in [0.15, 0.2) is 48.5 Å². The van der Waals surface area contributed by atoms with Crippen LogP contribution in [0.2, 0.25) is 0 Å². The maximum absolute atomic E-state index is 12.3. The van der Waals surface area contributed by atoms with Gasteiger partial charge in [-0.1, -0.05) is 31.2 Å². The minimum Gasteiger partial charge on any atom is -0.497 e. The maximum Gasteiger partial charge on any atom is 0.238 e. The normalized spacial score (nSPS) is 12.0. The summed E-state index contributed by atoms with van der Waals surface area (Å²) in [7, 11) is 3.65. The van der Waals surface area contributed by atoms with Gasteiger partial charge in [0, 0.05) is 11.7 Å². The first-order valence-electron chi connectivity index (χ1n) is 8.73. The molecular weight excluding hydrogens is 312 g/mol. The second-order valence-electron chi connectivity index (χ2n) is 6.42. The van der Waals surface area contributed by atoms with Gasteiger partial charge in [-0.2, -0.15) is 0 Å². The minimum atomic E-state index is 0.0114. The van der Waals surface area contributed by atoms with Crippen molar-refractivity contribution in [2.75, 3.05) is 26.0 Å². The van der Waals surface area contributed by atoms with Crippen LogP contribution < -0.4 is 10.1 Å². The molecule has 2 aromatic rings. The number of hydrogen-bond donors (Lipinski definition) is 1. The number of nitrogens with one attached hydrogen (secondary N) is 1. The van der Waals surface area contributed by atoms with Crippen LogP contribution in [0.4, 0.5) is 5.69 Å². The van der Waals surface area contributed by atoms with Crippen molar-refractivity contribution in [1.29, 1.82) is 0 Å². The summed E-state index contributed by atoms with van der Waals surface area (Å²) in [6, 6.07) is 16.3. The van der Waals surface area contributed by atoms with Crippen molar-refractivity contribution in [3.8, 4) is 5.75 Å². The van der Waals surface area contributed by atoms with Crippen LogP contribution >= 0.6 is 0 Å². The first-order valence-corrected chi connectivity index (χ1v) is 8.73. The molecule has 1 atom stereocenters. The average molecular weight is 340 g/mol. The van der Waals surface area contributed by atoms with E-state index in [1.165, 1.54) is 11.1 Å². The number of anilines is 1. The molecule has 0 fully saturated rings. The van der Waals surface area contributed by atoms with E-state index in [2.05, 4.69) is 42.3 Å². The lowest BCUT2D eigenvalue weighted by Gasteiger charge is -2.24. The topological polar surface area (TPSA) is 41.6 Å². The Labute approximate surface area is 150 Å². The van der Waals surface area contributed by atoms with Crippen LogP contribution in [-0.2, 0) is 17.6 Å². The Hall–Kier alpha value is -2.33. The molecule has 0 aromatic heterocycles. The van der Waals surface area contributed by atoms with E-state index < -0.39 is 0 Å². The van der Waals surface area contributed by atoms with Crippen LogP contribution in [0.25, 0.3) is 0 Å². The van der Waals surface area contributed by atoms with Gasteiger partial charge >= 0.3 is 0 Å². The molecule has 4 heteroatoms. The van der Waals surface area contributed by atoms with Crippen molar-refractivity contribution in [3.05, 3.63) is 59.7 Å². The summed E-state index contributed by atoms with van der Waals surface area (Å²) in [4.78, 5) is 14.4. The third-order valence-electron chi connectivity index (χ3n) is 4.45. The summed E-state index contributed by atoms with van der Waals surface area (Å²) in [5.41, 5.74) is 3.32. The predicted octanol–water partition coefficient (Wildman–Crippen LogP) is 3.76. The molecule has 25 heavy (non-hydrogen) atoms. The van der Waals surface area contributed by atoms with Crippen molar-refractivity contribution < 1.29 is 9.53 Å². The Bertz CT molecular complexity index is 683. The van der Waals surface area contributed by atoms with Gasteiger partial charge in [-0.05, 0) is 62.2 Å². The predicted molar refractivity (Wildman–Crippen MR) is 103 cm³/mol. The Kier molecular flexibility index (Phi) is 7.02. The zero-order valence-corrected chi connectivity index (χ0v) is 15.6. The average Bonchev–Trinajstić information content (AvgIpc) is 2.62. The van der Waals surface area contributed by atoms with Crippen LogP contribution in [0.3, 0.4) is 0 Å². The molecule has 1 N–H and O–H groups in total. The molecule has 0 aliphatic carbocycles. The van der Waals surface area contributed by atoms with E-state index in [0.29, 0.717) is 6.54 Å². The zero-order valence-electron chi connectivity index (χ0n) is 15.6. The summed E-state index contributed by atoms with van der Waals surface area (Å²) >= 11 is 0. The Morgan fingerprint density at radius 3 is 2.52 bits per heavy atom. The van der Waals surface area contributed by atoms with E-state index in [-0.39, 0.29) is 11.9 Å². The minimum absolute atomic E-state index is 0.0114. The lowest BCUT2D eigenvalue weighted by atomic mass is 10.1. The standard InChI is InChI=1S/C21H28N2O2/c1-5-17-7-6-8-19(14-17)22-21(24)15-23(3)16(2)13-18-9-11-20(25-4)12-10-18/h6-12,14,16H,5,13,15H2,1-4H3,(H,22,24). The van der Waals surface area contributed by atoms with E-state index in [4.69, 9.17) is 4.74 Å². The quantitative estimate of drug-likeness (QED) is 0.795. The first-order chi connectivity index (χ1) is 12.0. The van der Waals surface area contributed by atoms with E-state index in [1.54, 1.807) is 7.11 Å².